The van der Waals surface area contributed by atoms with Crippen molar-refractivity contribution < 1.29 is 4.39 Å². The van der Waals surface area contributed by atoms with E-state index in [1.54, 1.807) is 0 Å². The van der Waals surface area contributed by atoms with E-state index in [0.717, 1.165) is 23.6 Å². The summed E-state index contributed by atoms with van der Waals surface area (Å²) in [4.78, 5) is 0. The maximum atomic E-state index is 13.5. The lowest BCUT2D eigenvalue weighted by atomic mass is 10.1. The van der Waals surface area contributed by atoms with Crippen LogP contribution in [0.3, 0.4) is 0 Å². The van der Waals surface area contributed by atoms with Crippen molar-refractivity contribution in [2.75, 3.05) is 0 Å². The molecule has 17 heavy (non-hydrogen) atoms. The highest BCUT2D eigenvalue weighted by Crippen LogP contribution is 2.33. The van der Waals surface area contributed by atoms with Crippen molar-refractivity contribution in [3.05, 3.63) is 34.6 Å². The van der Waals surface area contributed by atoms with Gasteiger partial charge >= 0.3 is 0 Å². The number of aryl methyl sites for hydroxylation is 2. The molecule has 0 amide bonds. The van der Waals surface area contributed by atoms with Crippen molar-refractivity contribution in [1.29, 1.82) is 0 Å². The first-order valence-electron chi connectivity index (χ1n) is 6.55. The second-order valence-electron chi connectivity index (χ2n) is 5.50. The molecule has 1 unspecified atom stereocenters. The van der Waals surface area contributed by atoms with E-state index in [9.17, 15) is 4.39 Å². The number of rotatable bonds is 5. The Morgan fingerprint density at radius 1 is 1.29 bits per heavy atom. The van der Waals surface area contributed by atoms with Crippen LogP contribution in [0.2, 0.25) is 0 Å². The van der Waals surface area contributed by atoms with Crippen LogP contribution in [-0.2, 0) is 6.54 Å². The fourth-order valence-corrected chi connectivity index (χ4v) is 2.37. The fourth-order valence-electron chi connectivity index (χ4n) is 2.37. The summed E-state index contributed by atoms with van der Waals surface area (Å²) < 4.78 is 13.5. The molecule has 1 aliphatic rings. The number of hydrogen-bond acceptors (Lipinski definition) is 1. The van der Waals surface area contributed by atoms with E-state index < -0.39 is 0 Å². The van der Waals surface area contributed by atoms with Gasteiger partial charge in [-0.2, -0.15) is 0 Å². The predicted molar refractivity (Wildman–Crippen MR) is 69.5 cm³/mol. The summed E-state index contributed by atoms with van der Waals surface area (Å²) in [5.41, 5.74) is 2.68. The molecule has 2 rings (SSSR count). The van der Waals surface area contributed by atoms with E-state index in [4.69, 9.17) is 0 Å². The van der Waals surface area contributed by atoms with Gasteiger partial charge in [0, 0.05) is 12.6 Å². The molecule has 1 aromatic carbocycles. The fraction of sp³-hybridized carbons (Fsp3) is 0.600. The minimum atomic E-state index is -0.0696. The largest absolute Gasteiger partial charge is 0.310 e. The molecule has 0 bridgehead atoms. The first kappa shape index (κ1) is 12.6. The molecule has 0 aromatic heterocycles. The second kappa shape index (κ2) is 5.18. The Balaban J connectivity index is 1.89. The Morgan fingerprint density at radius 2 is 1.88 bits per heavy atom. The van der Waals surface area contributed by atoms with Crippen LogP contribution in [-0.4, -0.2) is 6.04 Å². The Hall–Kier alpha value is -0.890. The minimum Gasteiger partial charge on any atom is -0.310 e. The monoisotopic (exact) mass is 235 g/mol. The van der Waals surface area contributed by atoms with Gasteiger partial charge in [0.15, 0.2) is 0 Å². The van der Waals surface area contributed by atoms with Crippen LogP contribution in [0.25, 0.3) is 0 Å². The molecule has 1 aliphatic carbocycles. The van der Waals surface area contributed by atoms with Gasteiger partial charge in [0.05, 0.1) is 0 Å². The van der Waals surface area contributed by atoms with Crippen molar-refractivity contribution in [2.45, 2.75) is 52.6 Å². The van der Waals surface area contributed by atoms with Crippen molar-refractivity contribution in [2.24, 2.45) is 5.92 Å². The second-order valence-corrected chi connectivity index (χ2v) is 5.50. The third-order valence-electron chi connectivity index (χ3n) is 3.53. The molecule has 0 aliphatic heterocycles. The van der Waals surface area contributed by atoms with E-state index in [0.29, 0.717) is 6.04 Å². The van der Waals surface area contributed by atoms with Gasteiger partial charge in [-0.25, -0.2) is 4.39 Å². The molecule has 1 saturated carbocycles. The van der Waals surface area contributed by atoms with Crippen molar-refractivity contribution >= 4 is 0 Å². The zero-order chi connectivity index (χ0) is 12.4. The van der Waals surface area contributed by atoms with Crippen LogP contribution >= 0.6 is 0 Å². The molecule has 1 aromatic rings. The van der Waals surface area contributed by atoms with Crippen LogP contribution in [0.15, 0.2) is 12.1 Å². The summed E-state index contributed by atoms with van der Waals surface area (Å²) in [6, 6.07) is 4.45. The first-order valence-corrected chi connectivity index (χ1v) is 6.55. The summed E-state index contributed by atoms with van der Waals surface area (Å²) in [5, 5.41) is 3.52. The predicted octanol–water partition coefficient (Wildman–Crippen LogP) is 3.72. The van der Waals surface area contributed by atoms with Gasteiger partial charge in [-0.3, -0.25) is 0 Å². The average Bonchev–Trinajstić information content (AvgIpc) is 3.06. The van der Waals surface area contributed by atoms with Crippen LogP contribution in [0.4, 0.5) is 4.39 Å². The summed E-state index contributed by atoms with van der Waals surface area (Å²) in [6.07, 6.45) is 4.08. The lowest BCUT2D eigenvalue weighted by Crippen LogP contribution is -2.26. The van der Waals surface area contributed by atoms with E-state index >= 15 is 0 Å². The Kier molecular flexibility index (Phi) is 3.82. The van der Waals surface area contributed by atoms with Crippen LogP contribution in [0.1, 0.15) is 42.9 Å². The molecular formula is C15H22FN. The number of hydrogen-bond donors (Lipinski definition) is 1. The van der Waals surface area contributed by atoms with E-state index in [1.807, 2.05) is 26.0 Å². The molecule has 0 spiro atoms. The third kappa shape index (κ3) is 3.53. The average molecular weight is 235 g/mol. The van der Waals surface area contributed by atoms with Gasteiger partial charge in [0.2, 0.25) is 0 Å². The normalized spacial score (nSPS) is 17.2. The van der Waals surface area contributed by atoms with Crippen LogP contribution in [0, 0.1) is 25.6 Å². The molecule has 1 nitrogen and oxygen atoms in total. The molecule has 1 atom stereocenters. The molecular weight excluding hydrogens is 213 g/mol. The van der Waals surface area contributed by atoms with Gasteiger partial charge in [-0.1, -0.05) is 25.0 Å². The molecule has 1 N–H and O–H groups in total. The highest BCUT2D eigenvalue weighted by molar-refractivity contribution is 5.30. The summed E-state index contributed by atoms with van der Waals surface area (Å²) in [6.45, 7) is 6.75. The summed E-state index contributed by atoms with van der Waals surface area (Å²) in [7, 11) is 0. The topological polar surface area (TPSA) is 12.0 Å². The van der Waals surface area contributed by atoms with E-state index in [1.165, 1.54) is 24.8 Å². The molecule has 0 saturated heterocycles. The number of nitrogens with one attached hydrogen (secondary N) is 1. The lowest BCUT2D eigenvalue weighted by molar-refractivity contribution is 0.487. The van der Waals surface area contributed by atoms with Gasteiger partial charge in [-0.15, -0.1) is 0 Å². The van der Waals surface area contributed by atoms with Crippen LogP contribution in [0.5, 0.6) is 0 Å². The Labute approximate surface area is 103 Å². The third-order valence-corrected chi connectivity index (χ3v) is 3.53. The van der Waals surface area contributed by atoms with Gasteiger partial charge in [-0.05, 0) is 49.8 Å². The van der Waals surface area contributed by atoms with Gasteiger partial charge in [0.25, 0.3) is 0 Å². The maximum Gasteiger partial charge on any atom is 0.129 e. The van der Waals surface area contributed by atoms with Gasteiger partial charge in [0.1, 0.15) is 5.82 Å². The maximum absolute atomic E-state index is 13.5. The Bertz CT molecular complexity index is 373. The van der Waals surface area contributed by atoms with Crippen molar-refractivity contribution in [3.8, 4) is 0 Å². The zero-order valence-electron chi connectivity index (χ0n) is 11.0. The van der Waals surface area contributed by atoms with Gasteiger partial charge < -0.3 is 5.32 Å². The summed E-state index contributed by atoms with van der Waals surface area (Å²) >= 11 is 0. The smallest absolute Gasteiger partial charge is 0.129 e. The molecule has 0 heterocycles. The number of benzene rings is 1. The van der Waals surface area contributed by atoms with E-state index in [2.05, 4.69) is 12.2 Å². The Morgan fingerprint density at radius 3 is 2.41 bits per heavy atom. The SMILES string of the molecule is Cc1cc(CNC(C)CC2CC2)cc(C)c1F. The first-order chi connectivity index (χ1) is 8.06. The van der Waals surface area contributed by atoms with E-state index in [-0.39, 0.29) is 5.82 Å². The lowest BCUT2D eigenvalue weighted by Gasteiger charge is -2.14. The van der Waals surface area contributed by atoms with Crippen LogP contribution < -0.4 is 5.32 Å². The van der Waals surface area contributed by atoms with Crippen molar-refractivity contribution in [1.82, 2.24) is 5.32 Å². The highest BCUT2D eigenvalue weighted by Gasteiger charge is 2.23. The standard InChI is InChI=1S/C15H22FN/c1-10-6-14(7-11(2)15(10)16)9-17-12(3)8-13-4-5-13/h6-7,12-13,17H,4-5,8-9H2,1-3H3. The molecule has 2 heteroatoms. The molecule has 94 valence electrons. The minimum absolute atomic E-state index is 0.0696. The quantitative estimate of drug-likeness (QED) is 0.820. The zero-order valence-corrected chi connectivity index (χ0v) is 11.0. The number of halogens is 1. The highest BCUT2D eigenvalue weighted by atomic mass is 19.1. The molecule has 1 fully saturated rings. The van der Waals surface area contributed by atoms with Crippen molar-refractivity contribution in [3.63, 3.8) is 0 Å². The summed E-state index contributed by atoms with van der Waals surface area (Å²) in [5.74, 6) is 0.883. The molecule has 0 radical (unpaired) electrons.